The first kappa shape index (κ1) is 31.2. The quantitative estimate of drug-likeness (QED) is 0.346. The smallest absolute Gasteiger partial charge is 0.325 e. The molecule has 0 saturated heterocycles. The third-order valence-electron chi connectivity index (χ3n) is 6.57. The second-order valence-corrected chi connectivity index (χ2v) is 14.2. The highest BCUT2D eigenvalue weighted by atomic mass is 32.2. The lowest BCUT2D eigenvalue weighted by atomic mass is 9.89. The summed E-state index contributed by atoms with van der Waals surface area (Å²) in [7, 11) is -4.65. The van der Waals surface area contributed by atoms with Gasteiger partial charge in [0.2, 0.25) is 10.0 Å². The first-order valence-electron chi connectivity index (χ1n) is 12.9. The van der Waals surface area contributed by atoms with Crippen molar-refractivity contribution in [2.75, 3.05) is 7.11 Å². The fourth-order valence-electron chi connectivity index (χ4n) is 4.39. The second-order valence-electron chi connectivity index (χ2n) is 10.9. The zero-order valence-electron chi connectivity index (χ0n) is 23.8. The van der Waals surface area contributed by atoms with Gasteiger partial charge in [0.15, 0.2) is 0 Å². The third-order valence-corrected chi connectivity index (χ3v) is 10.2. The van der Waals surface area contributed by atoms with Crippen LogP contribution in [0, 0.1) is 12.8 Å². The Morgan fingerprint density at radius 3 is 1.73 bits per heavy atom. The van der Waals surface area contributed by atoms with Crippen LogP contribution in [0.5, 0.6) is 0 Å². The summed E-state index contributed by atoms with van der Waals surface area (Å²) in [5.41, 5.74) is 3.48. The van der Waals surface area contributed by atoms with Crippen LogP contribution in [0.15, 0.2) is 46.2 Å². The minimum absolute atomic E-state index is 0.0677. The Balaban J connectivity index is 2.71. The summed E-state index contributed by atoms with van der Waals surface area (Å²) < 4.78 is 49.6. The van der Waals surface area contributed by atoms with Gasteiger partial charge in [-0.1, -0.05) is 85.2 Å². The topological polar surface area (TPSA) is 89.5 Å². The second kappa shape index (κ2) is 12.7. The Bertz CT molecular complexity index is 1190. The van der Waals surface area contributed by atoms with Gasteiger partial charge in [0.25, 0.3) is 0 Å². The molecule has 2 aromatic rings. The van der Waals surface area contributed by atoms with E-state index < -0.39 is 38.1 Å². The maximum absolute atomic E-state index is 14.1. The van der Waals surface area contributed by atoms with Crippen molar-refractivity contribution in [3.8, 4) is 0 Å². The Hall–Kier alpha value is -2.03. The lowest BCUT2D eigenvalue weighted by Gasteiger charge is -2.30. The predicted molar refractivity (Wildman–Crippen MR) is 151 cm³/mol. The number of aryl methyl sites for hydroxylation is 1. The Labute approximate surface area is 226 Å². The number of hydrogen-bond acceptors (Lipinski definition) is 5. The van der Waals surface area contributed by atoms with Crippen molar-refractivity contribution >= 4 is 26.8 Å². The van der Waals surface area contributed by atoms with Gasteiger partial charge < -0.3 is 4.74 Å². The molecule has 1 unspecified atom stereocenters. The lowest BCUT2D eigenvalue weighted by molar-refractivity contribution is -0.142. The first-order valence-corrected chi connectivity index (χ1v) is 15.6. The average molecular weight is 550 g/mol. The first-order chi connectivity index (χ1) is 17.1. The molecular weight excluding hydrogens is 506 g/mol. The molecule has 0 heterocycles. The van der Waals surface area contributed by atoms with Gasteiger partial charge in [0.05, 0.1) is 28.1 Å². The average Bonchev–Trinajstić information content (AvgIpc) is 2.81. The zero-order valence-corrected chi connectivity index (χ0v) is 25.4. The zero-order chi connectivity index (χ0) is 28.2. The van der Waals surface area contributed by atoms with E-state index in [1.807, 2.05) is 72.7 Å². The van der Waals surface area contributed by atoms with Crippen LogP contribution in [0.4, 0.5) is 0 Å². The summed E-state index contributed by atoms with van der Waals surface area (Å²) >= 11 is 0. The van der Waals surface area contributed by atoms with E-state index in [1.54, 1.807) is 12.1 Å². The number of benzene rings is 2. The summed E-state index contributed by atoms with van der Waals surface area (Å²) in [4.78, 5) is 13.8. The molecule has 0 spiro atoms. The maximum Gasteiger partial charge on any atom is 0.325 e. The van der Waals surface area contributed by atoms with Crippen LogP contribution in [-0.2, 0) is 30.4 Å². The van der Waals surface area contributed by atoms with Crippen LogP contribution in [0.2, 0.25) is 0 Å². The molecule has 0 saturated carbocycles. The number of ether oxygens (including phenoxy) is 1. The molecule has 6 nitrogen and oxygen atoms in total. The van der Waals surface area contributed by atoms with Crippen LogP contribution in [-0.4, -0.2) is 37.0 Å². The number of carbonyl (C=O) groups excluding carboxylic acids is 1. The normalized spacial score (nSPS) is 14.9. The van der Waals surface area contributed by atoms with Crippen molar-refractivity contribution in [3.05, 3.63) is 58.7 Å². The number of nitrogens with one attached hydrogen (secondary N) is 1. The van der Waals surface area contributed by atoms with E-state index in [-0.39, 0.29) is 28.6 Å². The van der Waals surface area contributed by atoms with Gasteiger partial charge in [-0.3, -0.25) is 9.00 Å². The molecule has 0 radical (unpaired) electrons. The molecule has 3 atom stereocenters. The molecule has 0 aliphatic carbocycles. The molecule has 2 aromatic carbocycles. The van der Waals surface area contributed by atoms with Gasteiger partial charge in [-0.05, 0) is 59.4 Å². The molecule has 0 bridgehead atoms. The van der Waals surface area contributed by atoms with E-state index in [2.05, 4.69) is 18.6 Å². The highest BCUT2D eigenvalue weighted by Crippen LogP contribution is 2.35. The Kier molecular flexibility index (Phi) is 10.7. The van der Waals surface area contributed by atoms with Gasteiger partial charge in [-0.15, -0.1) is 0 Å². The molecule has 0 amide bonds. The molecular formula is C29H43NO5S2. The number of carbonyl (C=O) groups is 1. The molecule has 0 aromatic heterocycles. The van der Waals surface area contributed by atoms with Crippen molar-refractivity contribution in [2.45, 2.75) is 101 Å². The van der Waals surface area contributed by atoms with E-state index in [9.17, 15) is 17.4 Å². The SMILES string of the molecule is COC(=O)[C@@H](NS(=O)(=O)c1c(C(C)C)cc(C(C)C)cc1C(C)C)[C@@H](C(C)C)S(=O)c1ccc(C)cc1. The minimum atomic E-state index is -4.19. The van der Waals surface area contributed by atoms with Crippen LogP contribution >= 0.6 is 0 Å². The van der Waals surface area contributed by atoms with Crippen LogP contribution in [0.3, 0.4) is 0 Å². The molecule has 8 heteroatoms. The fourth-order valence-corrected chi connectivity index (χ4v) is 8.02. The van der Waals surface area contributed by atoms with Gasteiger partial charge >= 0.3 is 5.97 Å². The molecule has 37 heavy (non-hydrogen) atoms. The van der Waals surface area contributed by atoms with E-state index in [0.29, 0.717) is 16.0 Å². The monoisotopic (exact) mass is 549 g/mol. The molecule has 206 valence electrons. The lowest BCUT2D eigenvalue weighted by Crippen LogP contribution is -2.53. The van der Waals surface area contributed by atoms with Crippen LogP contribution in [0.1, 0.15) is 95.4 Å². The van der Waals surface area contributed by atoms with Crippen molar-refractivity contribution in [1.82, 2.24) is 4.72 Å². The van der Waals surface area contributed by atoms with Crippen molar-refractivity contribution in [1.29, 1.82) is 0 Å². The largest absolute Gasteiger partial charge is 0.468 e. The molecule has 0 fully saturated rings. The maximum atomic E-state index is 14.1. The Morgan fingerprint density at radius 2 is 1.35 bits per heavy atom. The van der Waals surface area contributed by atoms with Gasteiger partial charge in [0, 0.05) is 4.90 Å². The molecule has 0 aliphatic rings. The fraction of sp³-hybridized carbons (Fsp3) is 0.552. The van der Waals surface area contributed by atoms with Crippen molar-refractivity contribution < 1.29 is 22.2 Å². The number of methoxy groups -OCH3 is 1. The summed E-state index contributed by atoms with van der Waals surface area (Å²) in [6.07, 6.45) is 0. The molecule has 1 N–H and O–H groups in total. The molecule has 2 rings (SSSR count). The van der Waals surface area contributed by atoms with E-state index in [4.69, 9.17) is 4.74 Å². The summed E-state index contributed by atoms with van der Waals surface area (Å²) in [6, 6.07) is 9.77. The molecule has 0 aliphatic heterocycles. The summed E-state index contributed by atoms with van der Waals surface area (Å²) in [5, 5.41) is -0.843. The summed E-state index contributed by atoms with van der Waals surface area (Å²) in [6.45, 7) is 17.6. The predicted octanol–water partition coefficient (Wildman–Crippen LogP) is 6.02. The van der Waals surface area contributed by atoms with Gasteiger partial charge in [-0.2, -0.15) is 4.72 Å². The van der Waals surface area contributed by atoms with Gasteiger partial charge in [-0.25, -0.2) is 8.42 Å². The third kappa shape index (κ3) is 7.30. The number of sulfonamides is 1. The Morgan fingerprint density at radius 1 is 0.865 bits per heavy atom. The highest BCUT2D eigenvalue weighted by molar-refractivity contribution is 7.90. The minimum Gasteiger partial charge on any atom is -0.468 e. The number of rotatable bonds is 11. The number of esters is 1. The van der Waals surface area contributed by atoms with E-state index >= 15 is 0 Å². The number of hydrogen-bond donors (Lipinski definition) is 1. The van der Waals surface area contributed by atoms with Crippen LogP contribution in [0.25, 0.3) is 0 Å². The van der Waals surface area contributed by atoms with E-state index in [1.165, 1.54) is 7.11 Å². The highest BCUT2D eigenvalue weighted by Gasteiger charge is 2.41. The van der Waals surface area contributed by atoms with Crippen LogP contribution < -0.4 is 4.72 Å². The van der Waals surface area contributed by atoms with Gasteiger partial charge in [0.1, 0.15) is 6.04 Å². The van der Waals surface area contributed by atoms with Crippen molar-refractivity contribution in [2.24, 2.45) is 5.92 Å². The van der Waals surface area contributed by atoms with E-state index in [0.717, 1.165) is 11.1 Å². The standard InChI is InChI=1S/C29H43NO5S2/c1-17(2)22-15-24(18(3)4)28(25(16-22)19(5)6)37(33,34)30-26(29(31)35-10)27(20(7)8)36(32)23-13-11-21(9)12-14-23/h11-20,26-27,30H,1-10H3/t26-,27+,36?/m0/s1. The summed E-state index contributed by atoms with van der Waals surface area (Å²) in [5.74, 6) is -0.959. The van der Waals surface area contributed by atoms with Crippen molar-refractivity contribution in [3.63, 3.8) is 0 Å².